The van der Waals surface area contributed by atoms with Crippen LogP contribution in [0.5, 0.6) is 5.75 Å². The van der Waals surface area contributed by atoms with E-state index >= 15 is 0 Å². The van der Waals surface area contributed by atoms with E-state index in [1.165, 1.54) is 18.2 Å². The van der Waals surface area contributed by atoms with E-state index in [1.54, 1.807) is 30.3 Å². The summed E-state index contributed by atoms with van der Waals surface area (Å²) in [6, 6.07) is 10.7. The lowest BCUT2D eigenvalue weighted by Crippen LogP contribution is -2.47. The summed E-state index contributed by atoms with van der Waals surface area (Å²) in [7, 11) is 0. The van der Waals surface area contributed by atoms with Crippen LogP contribution in [-0.4, -0.2) is 61.5 Å². The minimum atomic E-state index is -1.37. The average Bonchev–Trinajstić information content (AvgIpc) is 3.12. The number of hydrogen-bond donors (Lipinski definition) is 6. The molecule has 2 amide bonds. The van der Waals surface area contributed by atoms with Crippen LogP contribution >= 0.6 is 0 Å². The van der Waals surface area contributed by atoms with E-state index in [1.807, 2.05) is 0 Å². The summed E-state index contributed by atoms with van der Waals surface area (Å²) in [5, 5.41) is 26.6. The summed E-state index contributed by atoms with van der Waals surface area (Å²) < 4.78 is 1.72. The Labute approximate surface area is 191 Å². The lowest BCUT2D eigenvalue weighted by Gasteiger charge is -2.16. The molecular formula is C21H22N6O7. The van der Waals surface area contributed by atoms with Crippen LogP contribution in [0.25, 0.3) is 11.4 Å². The minimum absolute atomic E-state index is 0.0834. The Hall–Kier alpha value is -4.65. The van der Waals surface area contributed by atoms with Gasteiger partial charge in [-0.2, -0.15) is 4.68 Å². The van der Waals surface area contributed by atoms with E-state index in [0.717, 1.165) is 9.25 Å². The number of carboxylic acid groups (broad SMARTS) is 1. The molecule has 0 aliphatic carbocycles. The molecule has 0 aliphatic rings. The molecule has 3 aromatic rings. The second kappa shape index (κ2) is 10.3. The number of phenolic OH excluding ortho intramolecular Hbond substituents is 1. The van der Waals surface area contributed by atoms with Gasteiger partial charge in [0.2, 0.25) is 11.8 Å². The van der Waals surface area contributed by atoms with Crippen molar-refractivity contribution in [2.24, 2.45) is 5.73 Å². The van der Waals surface area contributed by atoms with Crippen LogP contribution < -0.4 is 27.7 Å². The monoisotopic (exact) mass is 470 g/mol. The number of nitrogens with one attached hydrogen (secondary N) is 3. The van der Waals surface area contributed by atoms with Gasteiger partial charge in [0.05, 0.1) is 18.8 Å². The number of carbonyl (C=O) groups is 3. The standard InChI is InChI=1S/C21H22N6O7/c22-10-17(29)23-11-18(30)24-14(19(31)32)8-12-6-7-16(28)15(9-12)27-21(34)26(20(33)25-27)13-4-2-1-3-5-13/h1-7,9,14,28H,8,10-11,22H2,(H,23,29)(H,24,30)(H,25,33)(H,31,32). The molecule has 0 saturated heterocycles. The molecule has 0 fully saturated rings. The summed E-state index contributed by atoms with van der Waals surface area (Å²) in [4.78, 5) is 60.0. The number of aliphatic carboxylic acids is 1. The van der Waals surface area contributed by atoms with Crippen LogP contribution in [0, 0.1) is 0 Å². The maximum Gasteiger partial charge on any atom is 0.356 e. The molecule has 0 bridgehead atoms. The van der Waals surface area contributed by atoms with Gasteiger partial charge < -0.3 is 26.6 Å². The molecule has 0 spiro atoms. The van der Waals surface area contributed by atoms with E-state index in [0.29, 0.717) is 11.3 Å². The fourth-order valence-corrected chi connectivity index (χ4v) is 3.16. The van der Waals surface area contributed by atoms with Crippen LogP contribution in [0.15, 0.2) is 58.1 Å². The Morgan fingerprint density at radius 1 is 1.06 bits per heavy atom. The third-order valence-electron chi connectivity index (χ3n) is 4.79. The summed E-state index contributed by atoms with van der Waals surface area (Å²) in [6.07, 6.45) is -0.211. The number of H-pyrrole nitrogens is 1. The molecule has 7 N–H and O–H groups in total. The number of carboxylic acids is 1. The number of hydrogen-bond acceptors (Lipinski definition) is 7. The molecule has 0 aliphatic heterocycles. The minimum Gasteiger partial charge on any atom is -0.506 e. The quantitative estimate of drug-likeness (QED) is 0.210. The molecule has 13 nitrogen and oxygen atoms in total. The zero-order valence-corrected chi connectivity index (χ0v) is 17.7. The van der Waals surface area contributed by atoms with Gasteiger partial charge in [-0.1, -0.05) is 24.3 Å². The maximum atomic E-state index is 12.9. The van der Waals surface area contributed by atoms with Crippen molar-refractivity contribution in [3.63, 3.8) is 0 Å². The SMILES string of the molecule is NCC(=O)NCC(=O)NC(Cc1ccc(O)c(-n2[nH]c(=O)n(-c3ccccc3)c2=O)c1)C(=O)O. The predicted molar refractivity (Wildman–Crippen MR) is 119 cm³/mol. The number of aromatic nitrogens is 3. The lowest BCUT2D eigenvalue weighted by atomic mass is 10.0. The number of aromatic amines is 1. The number of nitrogens with two attached hydrogens (primary N) is 1. The summed E-state index contributed by atoms with van der Waals surface area (Å²) in [5.74, 6) is -3.00. The van der Waals surface area contributed by atoms with Crippen molar-refractivity contribution >= 4 is 17.8 Å². The fourth-order valence-electron chi connectivity index (χ4n) is 3.16. The van der Waals surface area contributed by atoms with Crippen molar-refractivity contribution in [2.45, 2.75) is 12.5 Å². The number of phenols is 1. The van der Waals surface area contributed by atoms with E-state index in [4.69, 9.17) is 5.73 Å². The normalized spacial score (nSPS) is 11.6. The molecule has 1 aromatic heterocycles. The van der Waals surface area contributed by atoms with Crippen molar-refractivity contribution in [1.29, 1.82) is 0 Å². The molecule has 1 atom stereocenters. The molecule has 2 aromatic carbocycles. The smallest absolute Gasteiger partial charge is 0.356 e. The Morgan fingerprint density at radius 3 is 2.41 bits per heavy atom. The van der Waals surface area contributed by atoms with Crippen LogP contribution in [0.1, 0.15) is 5.56 Å². The number of nitrogens with zero attached hydrogens (tertiary/aromatic N) is 2. The molecule has 1 unspecified atom stereocenters. The highest BCUT2D eigenvalue weighted by Gasteiger charge is 2.22. The number of carbonyl (C=O) groups excluding carboxylic acids is 2. The first-order chi connectivity index (χ1) is 16.2. The van der Waals surface area contributed by atoms with Crippen molar-refractivity contribution in [2.75, 3.05) is 13.1 Å². The van der Waals surface area contributed by atoms with Crippen molar-refractivity contribution in [3.05, 3.63) is 75.1 Å². The van der Waals surface area contributed by atoms with E-state index < -0.39 is 41.7 Å². The summed E-state index contributed by atoms with van der Waals surface area (Å²) in [5.41, 5.74) is 4.19. The fraction of sp³-hybridized carbons (Fsp3) is 0.190. The number of para-hydroxylation sites is 1. The number of benzene rings is 2. The average molecular weight is 470 g/mol. The van der Waals surface area contributed by atoms with Gasteiger partial charge in [0.25, 0.3) is 0 Å². The second-order valence-corrected chi connectivity index (χ2v) is 7.17. The van der Waals surface area contributed by atoms with Gasteiger partial charge in [-0.15, -0.1) is 0 Å². The van der Waals surface area contributed by atoms with Crippen molar-refractivity contribution in [3.8, 4) is 17.1 Å². The van der Waals surface area contributed by atoms with Gasteiger partial charge in [-0.3, -0.25) is 9.59 Å². The van der Waals surface area contributed by atoms with Gasteiger partial charge in [0.15, 0.2) is 0 Å². The van der Waals surface area contributed by atoms with E-state index in [9.17, 15) is 34.2 Å². The number of aromatic hydroxyl groups is 1. The van der Waals surface area contributed by atoms with E-state index in [-0.39, 0.29) is 24.4 Å². The zero-order valence-electron chi connectivity index (χ0n) is 17.7. The largest absolute Gasteiger partial charge is 0.506 e. The maximum absolute atomic E-state index is 12.9. The molecule has 1 heterocycles. The Morgan fingerprint density at radius 2 is 1.76 bits per heavy atom. The topological polar surface area (TPSA) is 202 Å². The Bertz CT molecular complexity index is 1330. The van der Waals surface area contributed by atoms with Gasteiger partial charge >= 0.3 is 17.3 Å². The number of rotatable bonds is 9. The highest BCUT2D eigenvalue weighted by molar-refractivity contribution is 5.88. The van der Waals surface area contributed by atoms with Crippen LogP contribution in [0.2, 0.25) is 0 Å². The lowest BCUT2D eigenvalue weighted by molar-refractivity contribution is -0.141. The summed E-state index contributed by atoms with van der Waals surface area (Å²) in [6.45, 7) is -0.774. The van der Waals surface area contributed by atoms with Crippen molar-refractivity contribution < 1.29 is 24.6 Å². The summed E-state index contributed by atoms with van der Waals surface area (Å²) >= 11 is 0. The van der Waals surface area contributed by atoms with Crippen LogP contribution in [0.4, 0.5) is 0 Å². The van der Waals surface area contributed by atoms with Gasteiger partial charge in [-0.25, -0.2) is 24.0 Å². The third-order valence-corrected chi connectivity index (χ3v) is 4.79. The number of amides is 2. The highest BCUT2D eigenvalue weighted by Crippen LogP contribution is 2.22. The first-order valence-corrected chi connectivity index (χ1v) is 10.0. The van der Waals surface area contributed by atoms with Crippen LogP contribution in [0.3, 0.4) is 0 Å². The van der Waals surface area contributed by atoms with Crippen molar-refractivity contribution in [1.82, 2.24) is 25.0 Å². The molecule has 13 heteroatoms. The predicted octanol–water partition coefficient (Wildman–Crippen LogP) is -1.79. The first-order valence-electron chi connectivity index (χ1n) is 10.0. The van der Waals surface area contributed by atoms with E-state index in [2.05, 4.69) is 15.7 Å². The molecule has 178 valence electrons. The Kier molecular flexibility index (Phi) is 7.28. The molecule has 34 heavy (non-hydrogen) atoms. The van der Waals surface area contributed by atoms with Gasteiger partial charge in [0, 0.05) is 6.42 Å². The van der Waals surface area contributed by atoms with Gasteiger partial charge in [0.1, 0.15) is 17.5 Å². The van der Waals surface area contributed by atoms with Crippen LogP contribution in [-0.2, 0) is 20.8 Å². The molecule has 3 rings (SSSR count). The zero-order chi connectivity index (χ0) is 24.8. The molecule has 0 radical (unpaired) electrons. The molecular weight excluding hydrogens is 448 g/mol. The third kappa shape index (κ3) is 5.39. The first kappa shape index (κ1) is 24.0. The van der Waals surface area contributed by atoms with Gasteiger partial charge in [-0.05, 0) is 29.8 Å². The Balaban J connectivity index is 1.87. The second-order valence-electron chi connectivity index (χ2n) is 7.17. The molecule has 0 saturated carbocycles. The highest BCUT2D eigenvalue weighted by atomic mass is 16.4.